The molecule has 1 aliphatic rings. The lowest BCUT2D eigenvalue weighted by Crippen LogP contribution is -3.00. The third-order valence-electron chi connectivity index (χ3n) is 4.53. The molecule has 130 valence electrons. The van der Waals surface area contributed by atoms with E-state index in [4.69, 9.17) is 9.47 Å². The van der Waals surface area contributed by atoms with Crippen LogP contribution in [0.5, 0.6) is 11.5 Å². The van der Waals surface area contributed by atoms with Crippen molar-refractivity contribution in [1.29, 1.82) is 0 Å². The Bertz CT molecular complexity index is 707. The second kappa shape index (κ2) is 7.85. The van der Waals surface area contributed by atoms with Gasteiger partial charge in [-0.3, -0.25) is 0 Å². The zero-order chi connectivity index (χ0) is 16.4. The van der Waals surface area contributed by atoms with E-state index in [1.54, 1.807) is 14.2 Å². The number of quaternary nitrogens is 1. The summed E-state index contributed by atoms with van der Waals surface area (Å²) in [7, 11) is 5.68. The lowest BCUT2D eigenvalue weighted by Gasteiger charge is -2.39. The van der Waals surface area contributed by atoms with E-state index in [0.29, 0.717) is 0 Å². The summed E-state index contributed by atoms with van der Waals surface area (Å²) in [5.74, 6) is 1.63. The third kappa shape index (κ3) is 4.10. The van der Waals surface area contributed by atoms with Gasteiger partial charge in [0.2, 0.25) is 0 Å². The molecule has 1 unspecified atom stereocenters. The molecule has 0 bridgehead atoms. The Morgan fingerprint density at radius 1 is 1.12 bits per heavy atom. The highest BCUT2D eigenvalue weighted by Crippen LogP contribution is 2.35. The molecular formula is C18H22Br2N2O2. The fourth-order valence-corrected chi connectivity index (χ4v) is 3.53. The average Bonchev–Trinajstić information content (AvgIpc) is 2.55. The van der Waals surface area contributed by atoms with Gasteiger partial charge in [0, 0.05) is 23.7 Å². The number of hydrogen-bond donors (Lipinski definition) is 0. The van der Waals surface area contributed by atoms with Crippen LogP contribution in [-0.4, -0.2) is 37.3 Å². The molecule has 2 heterocycles. The molecular weight excluding hydrogens is 436 g/mol. The highest BCUT2D eigenvalue weighted by molar-refractivity contribution is 9.10. The summed E-state index contributed by atoms with van der Waals surface area (Å²) in [6.45, 7) is 3.08. The number of benzene rings is 1. The summed E-state index contributed by atoms with van der Waals surface area (Å²) in [6, 6.07) is 8.40. The first-order chi connectivity index (χ1) is 11.0. The van der Waals surface area contributed by atoms with Crippen molar-refractivity contribution in [2.75, 3.05) is 27.8 Å². The maximum absolute atomic E-state index is 5.45. The molecule has 2 aromatic rings. The molecule has 3 rings (SSSR count). The summed E-state index contributed by atoms with van der Waals surface area (Å²) >= 11 is 3.39. The molecule has 0 saturated heterocycles. The number of nitrogens with zero attached hydrogens (tertiary/aromatic N) is 2. The molecule has 0 N–H and O–H groups in total. The summed E-state index contributed by atoms with van der Waals surface area (Å²) in [5, 5.41) is 0. The van der Waals surface area contributed by atoms with Crippen molar-refractivity contribution in [3.05, 3.63) is 51.8 Å². The van der Waals surface area contributed by atoms with Crippen LogP contribution in [0, 0.1) is 0 Å². The minimum absolute atomic E-state index is 0. The molecule has 1 aromatic heterocycles. The highest BCUT2D eigenvalue weighted by atomic mass is 79.9. The molecule has 0 amide bonds. The number of rotatable bonds is 4. The number of ether oxygens (including phenoxy) is 2. The van der Waals surface area contributed by atoms with Crippen LogP contribution in [0.15, 0.2) is 35.1 Å². The Hall–Kier alpha value is -1.11. The van der Waals surface area contributed by atoms with Gasteiger partial charge in [-0.15, -0.1) is 0 Å². The Balaban J connectivity index is 0.00000208. The summed E-state index contributed by atoms with van der Waals surface area (Å²) < 4.78 is 12.7. The van der Waals surface area contributed by atoms with Gasteiger partial charge in [0.05, 0.1) is 27.8 Å². The zero-order valence-electron chi connectivity index (χ0n) is 14.2. The summed E-state index contributed by atoms with van der Waals surface area (Å²) in [5.41, 5.74) is 3.98. The second-order valence-electron chi connectivity index (χ2n) is 6.37. The van der Waals surface area contributed by atoms with Crippen LogP contribution in [0.1, 0.15) is 16.7 Å². The maximum Gasteiger partial charge on any atom is 0.161 e. The Kier molecular flexibility index (Phi) is 6.28. The molecule has 0 aliphatic carbocycles. The SMILES string of the molecule is COc1cc2c(cc1OC)C[N+](C)(Cc1ccc(Br)nc1)CC2.[Br-]. The van der Waals surface area contributed by atoms with Crippen LogP contribution >= 0.6 is 15.9 Å². The van der Waals surface area contributed by atoms with Crippen LogP contribution in [0.3, 0.4) is 0 Å². The van der Waals surface area contributed by atoms with E-state index < -0.39 is 0 Å². The molecule has 24 heavy (non-hydrogen) atoms. The third-order valence-corrected chi connectivity index (χ3v) is 5.00. The quantitative estimate of drug-likeness (QED) is 0.496. The number of halogens is 2. The number of fused-ring (bicyclic) bond motifs is 1. The Labute approximate surface area is 162 Å². The highest BCUT2D eigenvalue weighted by Gasteiger charge is 2.30. The van der Waals surface area contributed by atoms with E-state index >= 15 is 0 Å². The van der Waals surface area contributed by atoms with Crippen molar-refractivity contribution in [3.63, 3.8) is 0 Å². The van der Waals surface area contributed by atoms with Gasteiger partial charge in [0.1, 0.15) is 17.7 Å². The number of likely N-dealkylation sites (N-methyl/N-ethyl adjacent to an activating group) is 1. The number of pyridine rings is 1. The summed E-state index contributed by atoms with van der Waals surface area (Å²) in [4.78, 5) is 4.34. The molecule has 6 heteroatoms. The van der Waals surface area contributed by atoms with E-state index in [2.05, 4.69) is 46.2 Å². The average molecular weight is 458 g/mol. The molecule has 0 fully saturated rings. The van der Waals surface area contributed by atoms with Gasteiger partial charge < -0.3 is 30.9 Å². The molecule has 1 atom stereocenters. The van der Waals surface area contributed by atoms with Gasteiger partial charge >= 0.3 is 0 Å². The fraction of sp³-hybridized carbons (Fsp3) is 0.389. The largest absolute Gasteiger partial charge is 1.00 e. The van der Waals surface area contributed by atoms with E-state index in [1.807, 2.05) is 12.3 Å². The van der Waals surface area contributed by atoms with Crippen LogP contribution in [0.2, 0.25) is 0 Å². The van der Waals surface area contributed by atoms with E-state index in [0.717, 1.165) is 46.6 Å². The van der Waals surface area contributed by atoms with Crippen molar-refractivity contribution < 1.29 is 30.9 Å². The van der Waals surface area contributed by atoms with Crippen molar-refractivity contribution in [1.82, 2.24) is 4.98 Å². The molecule has 0 radical (unpaired) electrons. The zero-order valence-corrected chi connectivity index (χ0v) is 17.4. The molecule has 0 spiro atoms. The molecule has 0 saturated carbocycles. The number of hydrogen-bond acceptors (Lipinski definition) is 3. The van der Waals surface area contributed by atoms with Gasteiger partial charge in [-0.05, 0) is 45.8 Å². The van der Waals surface area contributed by atoms with Crippen LogP contribution in [0.4, 0.5) is 0 Å². The van der Waals surface area contributed by atoms with Gasteiger partial charge in [0.25, 0.3) is 0 Å². The molecule has 1 aromatic carbocycles. The minimum atomic E-state index is 0. The van der Waals surface area contributed by atoms with Gasteiger partial charge in [0.15, 0.2) is 11.5 Å². The van der Waals surface area contributed by atoms with E-state index in [9.17, 15) is 0 Å². The number of aromatic nitrogens is 1. The topological polar surface area (TPSA) is 31.4 Å². The first-order valence-corrected chi connectivity index (χ1v) is 8.50. The van der Waals surface area contributed by atoms with Gasteiger partial charge in [-0.2, -0.15) is 0 Å². The normalized spacial score (nSPS) is 19.2. The molecule has 4 nitrogen and oxygen atoms in total. The van der Waals surface area contributed by atoms with Crippen molar-refractivity contribution in [2.24, 2.45) is 0 Å². The predicted octanol–water partition coefficient (Wildman–Crippen LogP) is 0.568. The van der Waals surface area contributed by atoms with E-state index in [1.165, 1.54) is 16.7 Å². The monoisotopic (exact) mass is 456 g/mol. The predicted molar refractivity (Wildman–Crippen MR) is 93.6 cm³/mol. The van der Waals surface area contributed by atoms with Crippen molar-refractivity contribution >= 4 is 15.9 Å². The standard InChI is InChI=1S/C18H22BrN2O2.BrH/c1-21(11-13-4-5-18(19)20-10-13)7-6-14-8-16(22-2)17(23-3)9-15(14)12-21;/h4-5,8-10H,6-7,11-12H2,1-3H3;1H/q+1;/p-1. The lowest BCUT2D eigenvalue weighted by atomic mass is 9.96. The number of methoxy groups -OCH3 is 2. The summed E-state index contributed by atoms with van der Waals surface area (Å²) in [6.07, 6.45) is 3.01. The fourth-order valence-electron chi connectivity index (χ4n) is 3.30. The van der Waals surface area contributed by atoms with Gasteiger partial charge in [-0.25, -0.2) is 4.98 Å². The van der Waals surface area contributed by atoms with Gasteiger partial charge in [-0.1, -0.05) is 0 Å². The minimum Gasteiger partial charge on any atom is -1.00 e. The smallest absolute Gasteiger partial charge is 0.161 e. The Morgan fingerprint density at radius 2 is 1.79 bits per heavy atom. The second-order valence-corrected chi connectivity index (χ2v) is 7.19. The van der Waals surface area contributed by atoms with E-state index in [-0.39, 0.29) is 17.0 Å². The maximum atomic E-state index is 5.45. The van der Waals surface area contributed by atoms with Crippen LogP contribution < -0.4 is 26.5 Å². The lowest BCUT2D eigenvalue weighted by molar-refractivity contribution is -0.937. The van der Waals surface area contributed by atoms with Crippen molar-refractivity contribution in [2.45, 2.75) is 19.5 Å². The first kappa shape index (κ1) is 19.2. The van der Waals surface area contributed by atoms with Crippen LogP contribution in [-0.2, 0) is 19.5 Å². The first-order valence-electron chi connectivity index (χ1n) is 7.71. The Morgan fingerprint density at radius 3 is 2.38 bits per heavy atom. The van der Waals surface area contributed by atoms with Crippen LogP contribution in [0.25, 0.3) is 0 Å². The van der Waals surface area contributed by atoms with Crippen molar-refractivity contribution in [3.8, 4) is 11.5 Å². The molecule has 1 aliphatic heterocycles.